The minimum atomic E-state index is -1.25. The van der Waals surface area contributed by atoms with E-state index in [1.165, 1.54) is 7.11 Å². The lowest BCUT2D eigenvalue weighted by Gasteiger charge is -2.41. The zero-order valence-electron chi connectivity index (χ0n) is 17.0. The summed E-state index contributed by atoms with van der Waals surface area (Å²) in [5.41, 5.74) is 0.650. The van der Waals surface area contributed by atoms with Crippen LogP contribution in [0.5, 0.6) is 0 Å². The summed E-state index contributed by atoms with van der Waals surface area (Å²) in [5, 5.41) is 12.4. The molecule has 0 amide bonds. The number of hydrogen-bond acceptors (Lipinski definition) is 5. The molecule has 2 aliphatic heterocycles. The van der Waals surface area contributed by atoms with E-state index < -0.39 is 23.5 Å². The smallest absolute Gasteiger partial charge is 0.333 e. The molecule has 0 spiro atoms. The van der Waals surface area contributed by atoms with E-state index in [0.29, 0.717) is 13.0 Å². The Balaban J connectivity index is 1.87. The molecule has 6 heteroatoms. The number of hydrogen-bond donors (Lipinski definition) is 0. The van der Waals surface area contributed by atoms with Crippen LogP contribution in [-0.4, -0.2) is 47.1 Å². The summed E-state index contributed by atoms with van der Waals surface area (Å²) in [4.78, 5) is 27.3. The second-order valence-corrected chi connectivity index (χ2v) is 7.99. The predicted octanol–water partition coefficient (Wildman–Crippen LogP) is 3.91. The number of piperidine rings is 1. The zero-order chi connectivity index (χ0) is 21.1. The second-order valence-electron chi connectivity index (χ2n) is 7.99. The van der Waals surface area contributed by atoms with E-state index in [1.54, 1.807) is 0 Å². The highest BCUT2D eigenvalue weighted by Gasteiger charge is 2.69. The SMILES string of the molecule is COC(=O)[C@]12CCCCN1[C@@H](/C=C/c1ccccc1)[C@@H](c1ccccc1)[C@@H]2[N+](=O)[O-]. The molecule has 2 saturated heterocycles. The molecule has 0 bridgehead atoms. The average Bonchev–Trinajstić information content (AvgIpc) is 3.10. The van der Waals surface area contributed by atoms with Crippen molar-refractivity contribution in [2.75, 3.05) is 13.7 Å². The van der Waals surface area contributed by atoms with Crippen LogP contribution in [0.4, 0.5) is 0 Å². The van der Waals surface area contributed by atoms with Crippen molar-refractivity contribution in [3.8, 4) is 0 Å². The fourth-order valence-electron chi connectivity index (χ4n) is 5.30. The van der Waals surface area contributed by atoms with E-state index in [-0.39, 0.29) is 11.0 Å². The summed E-state index contributed by atoms with van der Waals surface area (Å²) >= 11 is 0. The molecule has 0 N–H and O–H groups in total. The van der Waals surface area contributed by atoms with Crippen molar-refractivity contribution < 1.29 is 14.5 Å². The summed E-state index contributed by atoms with van der Waals surface area (Å²) in [5.74, 6) is -0.946. The molecule has 0 unspecified atom stereocenters. The minimum Gasteiger partial charge on any atom is -0.467 e. The Morgan fingerprint density at radius 3 is 2.43 bits per heavy atom. The van der Waals surface area contributed by atoms with Gasteiger partial charge in [0.2, 0.25) is 0 Å². The van der Waals surface area contributed by atoms with Gasteiger partial charge in [0, 0.05) is 17.5 Å². The number of nitro groups is 1. The molecule has 2 aromatic rings. The Hall–Kier alpha value is -2.99. The molecule has 2 fully saturated rings. The first-order valence-electron chi connectivity index (χ1n) is 10.4. The third-order valence-corrected chi connectivity index (χ3v) is 6.51. The lowest BCUT2D eigenvalue weighted by molar-refractivity contribution is -0.534. The molecular formula is C24H26N2O4. The summed E-state index contributed by atoms with van der Waals surface area (Å²) in [7, 11) is 1.32. The van der Waals surface area contributed by atoms with Gasteiger partial charge < -0.3 is 4.74 Å². The van der Waals surface area contributed by atoms with E-state index in [0.717, 1.165) is 24.0 Å². The standard InChI is InChI=1S/C24H26N2O4/c1-30-23(27)24-16-8-9-17-25(24)20(15-14-18-10-4-2-5-11-18)21(22(24)26(28)29)19-12-6-3-7-13-19/h2-7,10-15,20-22H,8-9,16-17H2,1H3/b15-14+/t20-,21+,22-,24+/m0/s1. The lowest BCUT2D eigenvalue weighted by Crippen LogP contribution is -2.62. The molecule has 2 aliphatic rings. The Morgan fingerprint density at radius 1 is 1.13 bits per heavy atom. The van der Waals surface area contributed by atoms with E-state index in [1.807, 2.05) is 77.7 Å². The second kappa shape index (κ2) is 8.40. The fourth-order valence-corrected chi connectivity index (χ4v) is 5.30. The van der Waals surface area contributed by atoms with Crippen LogP contribution < -0.4 is 0 Å². The van der Waals surface area contributed by atoms with Crippen molar-refractivity contribution in [2.24, 2.45) is 0 Å². The molecule has 30 heavy (non-hydrogen) atoms. The Bertz CT molecular complexity index is 931. The van der Waals surface area contributed by atoms with Crippen molar-refractivity contribution in [3.63, 3.8) is 0 Å². The highest BCUT2D eigenvalue weighted by molar-refractivity contribution is 5.83. The van der Waals surface area contributed by atoms with Crippen LogP contribution in [0, 0.1) is 10.1 Å². The van der Waals surface area contributed by atoms with Gasteiger partial charge in [0.1, 0.15) is 0 Å². The highest BCUT2D eigenvalue weighted by Crippen LogP contribution is 2.50. The summed E-state index contributed by atoms with van der Waals surface area (Å²) in [6.45, 7) is 0.632. The molecule has 0 radical (unpaired) electrons. The van der Waals surface area contributed by atoms with E-state index in [4.69, 9.17) is 4.74 Å². The maximum atomic E-state index is 13.1. The number of esters is 1. The van der Waals surface area contributed by atoms with E-state index >= 15 is 0 Å². The van der Waals surface area contributed by atoms with Gasteiger partial charge in [-0.3, -0.25) is 15.0 Å². The minimum absolute atomic E-state index is 0.261. The molecule has 6 nitrogen and oxygen atoms in total. The van der Waals surface area contributed by atoms with Crippen molar-refractivity contribution in [1.29, 1.82) is 0 Å². The van der Waals surface area contributed by atoms with Gasteiger partial charge in [-0.05, 0) is 30.4 Å². The van der Waals surface area contributed by atoms with Gasteiger partial charge in [-0.2, -0.15) is 0 Å². The fraction of sp³-hybridized carbons (Fsp3) is 0.375. The van der Waals surface area contributed by atoms with Crippen LogP contribution in [0.15, 0.2) is 66.7 Å². The number of ether oxygens (including phenoxy) is 1. The van der Waals surface area contributed by atoms with Gasteiger partial charge >= 0.3 is 5.97 Å². The average molecular weight is 406 g/mol. The molecule has 0 aliphatic carbocycles. The van der Waals surface area contributed by atoms with E-state index in [9.17, 15) is 14.9 Å². The van der Waals surface area contributed by atoms with Gasteiger partial charge in [0.25, 0.3) is 6.04 Å². The molecular weight excluding hydrogens is 380 g/mol. The molecule has 0 aromatic heterocycles. The molecule has 4 rings (SSSR count). The van der Waals surface area contributed by atoms with Gasteiger partial charge in [-0.1, -0.05) is 72.8 Å². The molecule has 4 atom stereocenters. The Kier molecular flexibility index (Phi) is 5.68. The normalized spacial score (nSPS) is 28.9. The topological polar surface area (TPSA) is 72.7 Å². The summed E-state index contributed by atoms with van der Waals surface area (Å²) < 4.78 is 5.16. The number of carbonyl (C=O) groups is 1. The monoisotopic (exact) mass is 406 g/mol. The van der Waals surface area contributed by atoms with Crippen molar-refractivity contribution >= 4 is 12.0 Å². The first kappa shape index (κ1) is 20.3. The first-order valence-corrected chi connectivity index (χ1v) is 10.4. The summed E-state index contributed by atoms with van der Waals surface area (Å²) in [6.07, 6.45) is 6.14. The number of carbonyl (C=O) groups excluding carboxylic acids is 1. The third kappa shape index (κ3) is 3.31. The molecule has 2 heterocycles. The van der Waals surface area contributed by atoms with Crippen LogP contribution in [0.25, 0.3) is 6.08 Å². The van der Waals surface area contributed by atoms with Crippen LogP contribution in [0.3, 0.4) is 0 Å². The largest absolute Gasteiger partial charge is 0.467 e. The number of fused-ring (bicyclic) bond motifs is 1. The number of methoxy groups -OCH3 is 1. The van der Waals surface area contributed by atoms with Crippen molar-refractivity contribution in [1.82, 2.24) is 4.90 Å². The Morgan fingerprint density at radius 2 is 1.80 bits per heavy atom. The maximum Gasteiger partial charge on any atom is 0.333 e. The molecule has 0 saturated carbocycles. The maximum absolute atomic E-state index is 13.1. The predicted molar refractivity (Wildman–Crippen MR) is 115 cm³/mol. The lowest BCUT2D eigenvalue weighted by atomic mass is 9.78. The Labute approximate surface area is 176 Å². The van der Waals surface area contributed by atoms with Crippen molar-refractivity contribution in [2.45, 2.75) is 42.8 Å². The van der Waals surface area contributed by atoms with E-state index in [2.05, 4.69) is 0 Å². The van der Waals surface area contributed by atoms with Gasteiger partial charge in [-0.25, -0.2) is 4.79 Å². The van der Waals surface area contributed by atoms with Gasteiger partial charge in [0.15, 0.2) is 5.54 Å². The number of nitrogens with zero attached hydrogens (tertiary/aromatic N) is 2. The summed E-state index contributed by atoms with van der Waals surface area (Å²) in [6, 6.07) is 18.1. The molecule has 156 valence electrons. The highest BCUT2D eigenvalue weighted by atomic mass is 16.6. The van der Waals surface area contributed by atoms with Gasteiger partial charge in [-0.15, -0.1) is 0 Å². The zero-order valence-corrected chi connectivity index (χ0v) is 17.0. The third-order valence-electron chi connectivity index (χ3n) is 6.51. The first-order chi connectivity index (χ1) is 14.6. The molecule has 2 aromatic carbocycles. The number of rotatable bonds is 5. The quantitative estimate of drug-likeness (QED) is 0.428. The van der Waals surface area contributed by atoms with Crippen LogP contribution in [0.1, 0.15) is 36.3 Å². The van der Waals surface area contributed by atoms with Crippen LogP contribution in [-0.2, 0) is 9.53 Å². The van der Waals surface area contributed by atoms with Gasteiger partial charge in [0.05, 0.1) is 13.0 Å². The number of benzene rings is 2. The van der Waals surface area contributed by atoms with Crippen molar-refractivity contribution in [3.05, 3.63) is 88.0 Å². The van der Waals surface area contributed by atoms with Crippen LogP contribution in [0.2, 0.25) is 0 Å². The van der Waals surface area contributed by atoms with Crippen LogP contribution >= 0.6 is 0 Å².